The molecule has 4 nitrogen and oxygen atoms in total. The Kier molecular flexibility index (Phi) is 5.67. The molecule has 0 spiro atoms. The lowest BCUT2D eigenvalue weighted by Gasteiger charge is -2.22. The van der Waals surface area contributed by atoms with E-state index in [2.05, 4.69) is 6.58 Å². The number of rotatable bonds is 6. The first kappa shape index (κ1) is 13.7. The zero-order valence-electron chi connectivity index (χ0n) is 9.54. The first-order valence-corrected chi connectivity index (χ1v) is 4.94. The molecule has 0 aromatic carbocycles. The minimum Gasteiger partial charge on any atom is -0.463 e. The first-order valence-electron chi connectivity index (χ1n) is 4.94. The van der Waals surface area contributed by atoms with E-state index in [4.69, 9.17) is 9.47 Å². The van der Waals surface area contributed by atoms with Crippen molar-refractivity contribution >= 4 is 11.9 Å². The van der Waals surface area contributed by atoms with E-state index in [1.54, 1.807) is 0 Å². The Balaban J connectivity index is 4.20. The number of esters is 2. The molecule has 0 rings (SSSR count). The monoisotopic (exact) mass is 214 g/mol. The number of carbonyl (C=O) groups excluding carboxylic acids is 2. The Morgan fingerprint density at radius 1 is 1.40 bits per heavy atom. The molecule has 0 saturated carbocycles. The lowest BCUT2D eigenvalue weighted by atomic mass is 10.1. The molecule has 0 N–H and O–H groups in total. The van der Waals surface area contributed by atoms with E-state index in [0.717, 1.165) is 6.42 Å². The van der Waals surface area contributed by atoms with E-state index < -0.39 is 17.5 Å². The lowest BCUT2D eigenvalue weighted by Crippen LogP contribution is -2.38. The van der Waals surface area contributed by atoms with Gasteiger partial charge in [0.2, 0.25) is 5.60 Å². The molecule has 15 heavy (non-hydrogen) atoms. The van der Waals surface area contributed by atoms with Crippen LogP contribution in [0.5, 0.6) is 0 Å². The highest BCUT2D eigenvalue weighted by molar-refractivity contribution is 5.82. The highest BCUT2D eigenvalue weighted by Crippen LogP contribution is 2.13. The molecule has 0 saturated heterocycles. The molecule has 0 aliphatic carbocycles. The Labute approximate surface area is 90.2 Å². The summed E-state index contributed by atoms with van der Waals surface area (Å²) < 4.78 is 9.85. The Morgan fingerprint density at radius 3 is 2.47 bits per heavy atom. The maximum Gasteiger partial charge on any atom is 0.350 e. The summed E-state index contributed by atoms with van der Waals surface area (Å²) in [5, 5.41) is 0. The second-order valence-electron chi connectivity index (χ2n) is 3.61. The number of ether oxygens (including phenoxy) is 2. The van der Waals surface area contributed by atoms with Crippen LogP contribution in [0, 0.1) is 0 Å². The third-order valence-electron chi connectivity index (χ3n) is 1.61. The van der Waals surface area contributed by atoms with Crippen LogP contribution in [-0.4, -0.2) is 24.1 Å². The first-order chi connectivity index (χ1) is 6.94. The molecule has 0 fully saturated rings. The largest absolute Gasteiger partial charge is 0.463 e. The van der Waals surface area contributed by atoms with Crippen molar-refractivity contribution in [2.75, 3.05) is 6.61 Å². The molecule has 0 aromatic heterocycles. The summed E-state index contributed by atoms with van der Waals surface area (Å²) in [5.41, 5.74) is -1.23. The van der Waals surface area contributed by atoms with Gasteiger partial charge >= 0.3 is 11.9 Å². The summed E-state index contributed by atoms with van der Waals surface area (Å²) in [6, 6.07) is 0. The van der Waals surface area contributed by atoms with Gasteiger partial charge in [0.1, 0.15) is 0 Å². The molecule has 86 valence electrons. The SMILES string of the molecule is C=CCC(=O)OC(C)(C)C(=O)OCCC. The van der Waals surface area contributed by atoms with Gasteiger partial charge < -0.3 is 9.47 Å². The van der Waals surface area contributed by atoms with Crippen LogP contribution in [-0.2, 0) is 19.1 Å². The summed E-state index contributed by atoms with van der Waals surface area (Å²) in [5.74, 6) is -1.01. The van der Waals surface area contributed by atoms with Crippen LogP contribution in [0.15, 0.2) is 12.7 Å². The Morgan fingerprint density at radius 2 is 2.00 bits per heavy atom. The summed E-state index contributed by atoms with van der Waals surface area (Å²) in [7, 11) is 0. The Bertz CT molecular complexity index is 243. The molecule has 0 atom stereocenters. The van der Waals surface area contributed by atoms with Gasteiger partial charge in [-0.25, -0.2) is 4.79 Å². The molecular weight excluding hydrogens is 196 g/mol. The zero-order chi connectivity index (χ0) is 11.9. The summed E-state index contributed by atoms with van der Waals surface area (Å²) >= 11 is 0. The molecule has 4 heteroatoms. The van der Waals surface area contributed by atoms with E-state index >= 15 is 0 Å². The maximum atomic E-state index is 11.4. The molecule has 0 aliphatic rings. The van der Waals surface area contributed by atoms with Crippen molar-refractivity contribution < 1.29 is 19.1 Å². The molecule has 0 unspecified atom stereocenters. The Hall–Kier alpha value is -1.32. The van der Waals surface area contributed by atoms with E-state index in [0.29, 0.717) is 6.61 Å². The third-order valence-corrected chi connectivity index (χ3v) is 1.61. The van der Waals surface area contributed by atoms with Crippen molar-refractivity contribution in [3.05, 3.63) is 12.7 Å². The number of hydrogen-bond donors (Lipinski definition) is 0. The van der Waals surface area contributed by atoms with Crippen molar-refractivity contribution in [3.63, 3.8) is 0 Å². The molecule has 0 amide bonds. The highest BCUT2D eigenvalue weighted by Gasteiger charge is 2.33. The minimum atomic E-state index is -1.23. The molecule has 0 heterocycles. The van der Waals surface area contributed by atoms with Crippen LogP contribution in [0.4, 0.5) is 0 Å². The van der Waals surface area contributed by atoms with E-state index in [1.165, 1.54) is 19.9 Å². The van der Waals surface area contributed by atoms with Crippen LogP contribution in [0.25, 0.3) is 0 Å². The number of carbonyl (C=O) groups is 2. The molecular formula is C11H18O4. The lowest BCUT2D eigenvalue weighted by molar-refractivity contribution is -0.178. The van der Waals surface area contributed by atoms with Gasteiger partial charge in [0.05, 0.1) is 13.0 Å². The van der Waals surface area contributed by atoms with Gasteiger partial charge in [-0.3, -0.25) is 4.79 Å². The molecule has 0 aromatic rings. The standard InChI is InChI=1S/C11H18O4/c1-5-7-9(12)15-11(3,4)10(13)14-8-6-2/h5H,1,6-8H2,2-4H3. The predicted molar refractivity (Wildman–Crippen MR) is 56.2 cm³/mol. The van der Waals surface area contributed by atoms with Gasteiger partial charge in [0, 0.05) is 0 Å². The molecule has 0 radical (unpaired) electrons. The van der Waals surface area contributed by atoms with Crippen molar-refractivity contribution in [1.82, 2.24) is 0 Å². The third kappa shape index (κ3) is 5.20. The quantitative estimate of drug-likeness (QED) is 0.500. The normalized spacial score (nSPS) is 10.6. The van der Waals surface area contributed by atoms with Crippen LogP contribution >= 0.6 is 0 Å². The minimum absolute atomic E-state index is 0.0878. The topological polar surface area (TPSA) is 52.6 Å². The average molecular weight is 214 g/mol. The zero-order valence-corrected chi connectivity index (χ0v) is 9.54. The fraction of sp³-hybridized carbons (Fsp3) is 0.636. The fourth-order valence-electron chi connectivity index (χ4n) is 0.854. The van der Waals surface area contributed by atoms with Gasteiger partial charge in [-0.2, -0.15) is 0 Å². The van der Waals surface area contributed by atoms with E-state index in [-0.39, 0.29) is 6.42 Å². The molecule has 0 aliphatic heterocycles. The second kappa shape index (κ2) is 6.22. The van der Waals surface area contributed by atoms with Crippen LogP contribution < -0.4 is 0 Å². The van der Waals surface area contributed by atoms with Crippen molar-refractivity contribution in [2.24, 2.45) is 0 Å². The van der Waals surface area contributed by atoms with Crippen LogP contribution in [0.2, 0.25) is 0 Å². The maximum absolute atomic E-state index is 11.4. The summed E-state index contributed by atoms with van der Waals surface area (Å²) in [6.07, 6.45) is 2.25. The summed E-state index contributed by atoms with van der Waals surface area (Å²) in [6.45, 7) is 8.65. The highest BCUT2D eigenvalue weighted by atomic mass is 16.6. The summed E-state index contributed by atoms with van der Waals surface area (Å²) in [4.78, 5) is 22.6. The van der Waals surface area contributed by atoms with Gasteiger partial charge in [0.25, 0.3) is 0 Å². The predicted octanol–water partition coefficient (Wildman–Crippen LogP) is 1.84. The van der Waals surface area contributed by atoms with Crippen LogP contribution in [0.1, 0.15) is 33.6 Å². The fourth-order valence-corrected chi connectivity index (χ4v) is 0.854. The van der Waals surface area contributed by atoms with E-state index in [1.807, 2.05) is 6.92 Å². The van der Waals surface area contributed by atoms with Crippen LogP contribution in [0.3, 0.4) is 0 Å². The average Bonchev–Trinajstić information content (AvgIpc) is 2.13. The van der Waals surface area contributed by atoms with Gasteiger partial charge in [-0.15, -0.1) is 6.58 Å². The molecule has 0 bridgehead atoms. The van der Waals surface area contributed by atoms with Gasteiger partial charge in [0.15, 0.2) is 0 Å². The smallest absolute Gasteiger partial charge is 0.350 e. The van der Waals surface area contributed by atoms with Gasteiger partial charge in [-0.1, -0.05) is 13.0 Å². The van der Waals surface area contributed by atoms with Crippen molar-refractivity contribution in [2.45, 2.75) is 39.2 Å². The van der Waals surface area contributed by atoms with Crippen molar-refractivity contribution in [3.8, 4) is 0 Å². The van der Waals surface area contributed by atoms with Crippen molar-refractivity contribution in [1.29, 1.82) is 0 Å². The number of hydrogen-bond acceptors (Lipinski definition) is 4. The van der Waals surface area contributed by atoms with Gasteiger partial charge in [-0.05, 0) is 20.3 Å². The van der Waals surface area contributed by atoms with E-state index in [9.17, 15) is 9.59 Å². The second-order valence-corrected chi connectivity index (χ2v) is 3.61.